The fraction of sp³-hybridized carbons (Fsp3) is 0.0159. The van der Waals surface area contributed by atoms with Crippen LogP contribution in [0.2, 0.25) is 0 Å². The Bertz CT molecular complexity index is 9460. The highest BCUT2D eigenvalue weighted by molar-refractivity contribution is 7.27. The Balaban J connectivity index is 0.483. The van der Waals surface area contributed by atoms with Gasteiger partial charge in [-0.3, -0.25) is 0 Å². The minimum absolute atomic E-state index is 0.342. The zero-order valence-electron chi connectivity index (χ0n) is 69.9. The Hall–Kier alpha value is -15.5. The summed E-state index contributed by atoms with van der Waals surface area (Å²) in [5.41, 5.74) is 27.6. The SMILES string of the molecule is C1=CC2c3ccccc3-c3cc(-c4cccc(-c5ccc6c7ccccc7c7cc(-c8ccc9c%10ccc(-c%11cccc%12c%11sc%11c(-c%13cccc(-c%14cccc%15c%14sc%14ccc(-c%16ccc%17c%18ccccc%18c%18cc(-c%19cccc(-c%20cccc%21c%20sc%20ccccc%20%21)c%19)ccc%18c%17c%16)cc%14%15)c%13)cccc%11%12)cc%10c%10ccccc%10c9c8)ccc7c6c5)c4)ccc3C2C=C1. The maximum Gasteiger partial charge on any atom is 0.0434 e. The van der Waals surface area contributed by atoms with Crippen LogP contribution in [0.25, 0.3) is 269 Å². The van der Waals surface area contributed by atoms with Crippen molar-refractivity contribution in [1.82, 2.24) is 0 Å². The highest BCUT2D eigenvalue weighted by atomic mass is 32.1. The van der Waals surface area contributed by atoms with Crippen molar-refractivity contribution in [3.05, 3.63) is 448 Å². The van der Waals surface area contributed by atoms with Crippen molar-refractivity contribution in [3.8, 4) is 111 Å². The molecule has 28 rings (SSSR count). The molecule has 3 heterocycles. The van der Waals surface area contributed by atoms with E-state index in [2.05, 4.69) is 437 Å². The fourth-order valence-corrected chi connectivity index (χ4v) is 26.3. The van der Waals surface area contributed by atoms with E-state index in [0.717, 1.165) is 0 Å². The Kier molecular flexibility index (Phi) is 16.1. The van der Waals surface area contributed by atoms with Crippen LogP contribution in [0.1, 0.15) is 23.0 Å². The zero-order valence-corrected chi connectivity index (χ0v) is 72.4. The maximum absolute atomic E-state index is 2.47. The van der Waals surface area contributed by atoms with Crippen molar-refractivity contribution in [2.45, 2.75) is 11.8 Å². The van der Waals surface area contributed by atoms with Crippen LogP contribution in [0.4, 0.5) is 0 Å². The number of fused-ring (bicyclic) bond motifs is 33. The van der Waals surface area contributed by atoms with Crippen molar-refractivity contribution in [2.75, 3.05) is 0 Å². The van der Waals surface area contributed by atoms with Gasteiger partial charge in [0.05, 0.1) is 0 Å². The molecule has 0 aliphatic heterocycles. The van der Waals surface area contributed by atoms with Crippen LogP contribution >= 0.6 is 34.0 Å². The number of rotatable bonds is 9. The van der Waals surface area contributed by atoms with E-state index in [1.165, 1.54) is 280 Å². The summed E-state index contributed by atoms with van der Waals surface area (Å²) in [6.07, 6.45) is 9.18. The van der Waals surface area contributed by atoms with Crippen molar-refractivity contribution in [3.63, 3.8) is 0 Å². The first-order chi connectivity index (χ1) is 63.9. The number of allylic oxidation sites excluding steroid dienone is 4. The molecule has 0 saturated carbocycles. The van der Waals surface area contributed by atoms with Gasteiger partial charge in [-0.25, -0.2) is 0 Å². The van der Waals surface area contributed by atoms with E-state index in [4.69, 9.17) is 0 Å². The van der Waals surface area contributed by atoms with E-state index in [1.54, 1.807) is 0 Å². The normalized spacial score (nSPS) is 13.8. The Labute approximate surface area is 756 Å². The molecule has 129 heavy (non-hydrogen) atoms. The smallest absolute Gasteiger partial charge is 0.0434 e. The summed E-state index contributed by atoms with van der Waals surface area (Å²) in [6.45, 7) is 0. The molecule has 596 valence electrons. The van der Waals surface area contributed by atoms with Crippen LogP contribution in [0.3, 0.4) is 0 Å². The third kappa shape index (κ3) is 11.3. The van der Waals surface area contributed by atoms with Crippen LogP contribution in [-0.2, 0) is 0 Å². The Morgan fingerprint density at radius 3 is 0.829 bits per heavy atom. The zero-order chi connectivity index (χ0) is 84.2. The van der Waals surface area contributed by atoms with Gasteiger partial charge in [0.25, 0.3) is 0 Å². The molecule has 0 saturated heterocycles. The van der Waals surface area contributed by atoms with Gasteiger partial charge < -0.3 is 0 Å². The summed E-state index contributed by atoms with van der Waals surface area (Å²) in [6, 6.07) is 157. The quantitative estimate of drug-likeness (QED) is 0.126. The van der Waals surface area contributed by atoms with Gasteiger partial charge in [-0.1, -0.05) is 358 Å². The topological polar surface area (TPSA) is 0 Å². The van der Waals surface area contributed by atoms with Gasteiger partial charge in [-0.15, -0.1) is 34.0 Å². The average Bonchev–Trinajstić information content (AvgIpc) is 1.70. The standard InChI is InChI=1S/C126H74S3/c1-2-28-93-91(26-1)92-27-3-6-31-96(92)113-65-76(46-54-101(93)113)73-20-13-21-74(62-73)77-47-55-102-95-30-5-8-33-98(95)116-69-80(51-59-107(116)117(102)67-77)79-49-57-104-105-60-52-86(72-119(105)100-35-10-9-34-99(100)114(104)68-79)90-40-18-43-111-110-42-17-39-89(125(110)129-126(90)111)85-25-15-24-84(64-85)88-38-19-44-112-120-71-82(53-61-122(120)128-124(88)112)81-48-56-103-94-29-4-7-32-97(94)115-66-78(50-58-106(115)118(103)70-81)75-22-14-23-83(63-75)87-37-16-41-109-108-36-11-12-45-121(108)127-123(87)109/h1-72,91,93H. The average molecular weight is 1680 g/mol. The molecule has 0 bridgehead atoms. The van der Waals surface area contributed by atoms with E-state index >= 15 is 0 Å². The maximum atomic E-state index is 2.47. The molecule has 0 amide bonds. The Morgan fingerprint density at radius 2 is 0.380 bits per heavy atom. The van der Waals surface area contributed by atoms with Crippen molar-refractivity contribution in [1.29, 1.82) is 0 Å². The Morgan fingerprint density at radius 1 is 0.132 bits per heavy atom. The molecular weight excluding hydrogens is 1610 g/mol. The number of thiophene rings is 3. The lowest BCUT2D eigenvalue weighted by Crippen LogP contribution is -2.16. The molecular formula is C126H74S3. The first kappa shape index (κ1) is 72.8. The summed E-state index contributed by atoms with van der Waals surface area (Å²) in [7, 11) is 0. The monoisotopic (exact) mass is 1680 g/mol. The van der Waals surface area contributed by atoms with E-state index in [-0.39, 0.29) is 0 Å². The highest BCUT2D eigenvalue weighted by Crippen LogP contribution is 2.54. The lowest BCUT2D eigenvalue weighted by molar-refractivity contribution is 0.720. The molecule has 0 fully saturated rings. The van der Waals surface area contributed by atoms with Crippen molar-refractivity contribution < 1.29 is 0 Å². The van der Waals surface area contributed by atoms with E-state index < -0.39 is 0 Å². The van der Waals surface area contributed by atoms with Crippen molar-refractivity contribution >= 4 is 191 Å². The van der Waals surface area contributed by atoms with E-state index in [0.29, 0.717) is 11.8 Å². The van der Waals surface area contributed by atoms with Crippen LogP contribution in [0.5, 0.6) is 0 Å². The van der Waals surface area contributed by atoms with Gasteiger partial charge in [-0.05, 0) is 298 Å². The molecule has 0 spiro atoms. The molecule has 2 aliphatic carbocycles. The second kappa shape index (κ2) is 28.5. The van der Waals surface area contributed by atoms with E-state index in [9.17, 15) is 0 Å². The van der Waals surface area contributed by atoms with Gasteiger partial charge >= 0.3 is 0 Å². The summed E-state index contributed by atoms with van der Waals surface area (Å²) >= 11 is 5.72. The third-order valence-corrected chi connectivity index (χ3v) is 32.3. The van der Waals surface area contributed by atoms with Gasteiger partial charge in [0.2, 0.25) is 0 Å². The third-order valence-electron chi connectivity index (χ3n) is 28.6. The van der Waals surface area contributed by atoms with Crippen molar-refractivity contribution in [2.24, 2.45) is 0 Å². The summed E-state index contributed by atoms with van der Waals surface area (Å²) in [5, 5.41) is 30.5. The lowest BCUT2D eigenvalue weighted by Gasteiger charge is -2.34. The molecule has 0 nitrogen and oxygen atoms in total. The molecule has 2 atom stereocenters. The molecule has 26 aromatic rings. The first-order valence-electron chi connectivity index (χ1n) is 44.8. The molecule has 2 unspecified atom stereocenters. The number of benzene rings is 23. The minimum atomic E-state index is 0.342. The highest BCUT2D eigenvalue weighted by Gasteiger charge is 2.32. The predicted octanol–water partition coefficient (Wildman–Crippen LogP) is 37.1. The lowest BCUT2D eigenvalue weighted by atomic mass is 9.69. The van der Waals surface area contributed by atoms with Crippen LogP contribution < -0.4 is 0 Å². The number of hydrogen-bond acceptors (Lipinski definition) is 3. The molecule has 3 aromatic heterocycles. The van der Waals surface area contributed by atoms with Gasteiger partial charge in [0, 0.05) is 72.4 Å². The second-order valence-corrected chi connectivity index (χ2v) is 38.5. The minimum Gasteiger partial charge on any atom is -0.135 e. The predicted molar refractivity (Wildman–Crippen MR) is 561 cm³/mol. The van der Waals surface area contributed by atoms with Crippen LogP contribution in [-0.4, -0.2) is 0 Å². The molecule has 23 aromatic carbocycles. The van der Waals surface area contributed by atoms with Crippen LogP contribution in [0, 0.1) is 0 Å². The van der Waals surface area contributed by atoms with Gasteiger partial charge in [0.1, 0.15) is 0 Å². The fourth-order valence-electron chi connectivity index (χ4n) is 22.5. The molecule has 0 N–H and O–H groups in total. The number of hydrogen-bond donors (Lipinski definition) is 0. The summed E-state index contributed by atoms with van der Waals surface area (Å²) in [5.74, 6) is 0.707. The molecule has 2 aliphatic rings. The first-order valence-corrected chi connectivity index (χ1v) is 47.2. The van der Waals surface area contributed by atoms with Crippen LogP contribution in [0.15, 0.2) is 437 Å². The summed E-state index contributed by atoms with van der Waals surface area (Å²) in [4.78, 5) is 0. The van der Waals surface area contributed by atoms with Gasteiger partial charge in [-0.2, -0.15) is 0 Å². The van der Waals surface area contributed by atoms with Gasteiger partial charge in [0.15, 0.2) is 0 Å². The van der Waals surface area contributed by atoms with E-state index in [1.807, 2.05) is 34.0 Å². The largest absolute Gasteiger partial charge is 0.135 e. The summed E-state index contributed by atoms with van der Waals surface area (Å²) < 4.78 is 7.87. The second-order valence-electron chi connectivity index (χ2n) is 35.4. The molecule has 0 radical (unpaired) electrons. The molecule has 3 heteroatoms.